The molecular weight excluding hydrogens is 436 g/mol. The molecule has 0 heterocycles. The van der Waals surface area contributed by atoms with Gasteiger partial charge < -0.3 is 9.47 Å². The maximum atomic E-state index is 11.8. The Hall–Kier alpha value is -3.92. The highest BCUT2D eigenvalue weighted by Gasteiger charge is 2.14. The van der Waals surface area contributed by atoms with Crippen molar-refractivity contribution in [2.75, 3.05) is 6.61 Å². The van der Waals surface area contributed by atoms with E-state index in [1.54, 1.807) is 19.1 Å². The van der Waals surface area contributed by atoms with E-state index in [1.807, 2.05) is 12.1 Å². The highest BCUT2D eigenvalue weighted by Crippen LogP contribution is 2.31. The molecule has 0 N–H and O–H groups in total. The van der Waals surface area contributed by atoms with Crippen LogP contribution in [0, 0.1) is 0 Å². The SMILES string of the molecule is C=CC(=O)Oc1ccc(C2=CC=C(c3ccc(C(CC)COC(=O)C(=C)C)cc3)CC(C)=C2)cc1. The fourth-order valence-electron chi connectivity index (χ4n) is 3.88. The van der Waals surface area contributed by atoms with E-state index in [0.717, 1.165) is 35.6 Å². The fraction of sp³-hybridized carbons (Fsp3) is 0.226. The van der Waals surface area contributed by atoms with Gasteiger partial charge in [-0.2, -0.15) is 0 Å². The lowest BCUT2D eigenvalue weighted by Crippen LogP contribution is -2.12. The molecule has 0 spiro atoms. The van der Waals surface area contributed by atoms with Crippen LogP contribution in [-0.2, 0) is 14.3 Å². The van der Waals surface area contributed by atoms with Crippen molar-refractivity contribution in [2.24, 2.45) is 0 Å². The number of hydrogen-bond acceptors (Lipinski definition) is 4. The minimum absolute atomic E-state index is 0.150. The van der Waals surface area contributed by atoms with Crippen LogP contribution in [0.4, 0.5) is 0 Å². The van der Waals surface area contributed by atoms with Gasteiger partial charge in [0, 0.05) is 17.6 Å². The molecule has 0 saturated carbocycles. The molecule has 0 aliphatic heterocycles. The van der Waals surface area contributed by atoms with Crippen molar-refractivity contribution in [1.29, 1.82) is 0 Å². The number of ether oxygens (including phenoxy) is 2. The molecule has 0 fully saturated rings. The van der Waals surface area contributed by atoms with Gasteiger partial charge in [0.1, 0.15) is 5.75 Å². The van der Waals surface area contributed by atoms with E-state index >= 15 is 0 Å². The van der Waals surface area contributed by atoms with Gasteiger partial charge in [0.25, 0.3) is 0 Å². The number of esters is 2. The Balaban J connectivity index is 1.76. The first-order chi connectivity index (χ1) is 16.8. The second-order valence-electron chi connectivity index (χ2n) is 8.74. The summed E-state index contributed by atoms with van der Waals surface area (Å²) in [6.45, 7) is 13.3. The van der Waals surface area contributed by atoms with Crippen molar-refractivity contribution >= 4 is 23.1 Å². The fourth-order valence-corrected chi connectivity index (χ4v) is 3.88. The molecule has 2 aromatic carbocycles. The normalized spacial score (nSPS) is 14.0. The van der Waals surface area contributed by atoms with Crippen LogP contribution < -0.4 is 4.74 Å². The van der Waals surface area contributed by atoms with Crippen molar-refractivity contribution < 1.29 is 19.1 Å². The Bertz CT molecular complexity index is 1190. The minimum Gasteiger partial charge on any atom is -0.462 e. The lowest BCUT2D eigenvalue weighted by molar-refractivity contribution is -0.139. The van der Waals surface area contributed by atoms with Crippen molar-refractivity contribution in [3.05, 3.63) is 114 Å². The van der Waals surface area contributed by atoms with Crippen molar-refractivity contribution in [2.45, 2.75) is 39.5 Å². The topological polar surface area (TPSA) is 52.6 Å². The Morgan fingerprint density at radius 1 is 1.03 bits per heavy atom. The number of rotatable bonds is 9. The summed E-state index contributed by atoms with van der Waals surface area (Å²) in [6.07, 6.45) is 9.34. The first-order valence-corrected chi connectivity index (χ1v) is 11.8. The smallest absolute Gasteiger partial charge is 0.335 e. The second-order valence-corrected chi connectivity index (χ2v) is 8.74. The zero-order chi connectivity index (χ0) is 25.4. The van der Waals surface area contributed by atoms with Gasteiger partial charge in [-0.25, -0.2) is 9.59 Å². The molecule has 3 rings (SSSR count). The molecule has 0 aromatic heterocycles. The third-order valence-corrected chi connectivity index (χ3v) is 5.92. The zero-order valence-electron chi connectivity index (χ0n) is 20.7. The molecular formula is C31H32O4. The van der Waals surface area contributed by atoms with E-state index in [0.29, 0.717) is 17.9 Å². The van der Waals surface area contributed by atoms with Crippen LogP contribution in [0.1, 0.15) is 56.2 Å². The molecule has 4 heteroatoms. The van der Waals surface area contributed by atoms with Gasteiger partial charge in [-0.1, -0.05) is 80.3 Å². The van der Waals surface area contributed by atoms with Crippen LogP contribution in [0.3, 0.4) is 0 Å². The molecule has 0 saturated heterocycles. The van der Waals surface area contributed by atoms with Crippen LogP contribution in [0.25, 0.3) is 11.1 Å². The zero-order valence-corrected chi connectivity index (χ0v) is 20.7. The van der Waals surface area contributed by atoms with Crippen LogP contribution in [0.5, 0.6) is 5.75 Å². The molecule has 0 amide bonds. The van der Waals surface area contributed by atoms with Crippen molar-refractivity contribution in [1.82, 2.24) is 0 Å². The van der Waals surface area contributed by atoms with Crippen LogP contribution in [0.15, 0.2) is 97.1 Å². The highest BCUT2D eigenvalue weighted by molar-refractivity contribution is 5.87. The number of benzene rings is 2. The maximum absolute atomic E-state index is 11.8. The van der Waals surface area contributed by atoms with Crippen LogP contribution >= 0.6 is 0 Å². The Morgan fingerprint density at radius 2 is 1.69 bits per heavy atom. The van der Waals surface area contributed by atoms with E-state index in [4.69, 9.17) is 9.47 Å². The lowest BCUT2D eigenvalue weighted by atomic mass is 9.93. The molecule has 1 aliphatic carbocycles. The average Bonchev–Trinajstić information content (AvgIpc) is 3.06. The Morgan fingerprint density at radius 3 is 2.29 bits per heavy atom. The van der Waals surface area contributed by atoms with E-state index in [9.17, 15) is 9.59 Å². The summed E-state index contributed by atoms with van der Waals surface area (Å²) in [5.41, 5.74) is 7.37. The molecule has 0 radical (unpaired) electrons. The molecule has 4 nitrogen and oxygen atoms in total. The van der Waals surface area contributed by atoms with Crippen molar-refractivity contribution in [3.63, 3.8) is 0 Å². The molecule has 180 valence electrons. The van der Waals surface area contributed by atoms with Gasteiger partial charge >= 0.3 is 11.9 Å². The first-order valence-electron chi connectivity index (χ1n) is 11.8. The summed E-state index contributed by atoms with van der Waals surface area (Å²) >= 11 is 0. The summed E-state index contributed by atoms with van der Waals surface area (Å²) < 4.78 is 10.5. The molecule has 1 atom stereocenters. The first kappa shape index (κ1) is 25.7. The van der Waals surface area contributed by atoms with Gasteiger partial charge in [-0.05, 0) is 66.7 Å². The molecule has 0 bridgehead atoms. The van der Waals surface area contributed by atoms with Crippen molar-refractivity contribution in [3.8, 4) is 5.75 Å². The molecule has 1 unspecified atom stereocenters. The standard InChI is InChI=1S/C31H32O4/c1-6-23(20-34-31(33)21(3)4)24-8-10-25(11-9-24)27-12-13-28(19-22(5)18-27)26-14-16-29(17-15-26)35-30(32)7-2/h7-17,19,23H,2-3,6,18,20H2,1,4-5H3. The number of allylic oxidation sites excluding steroid dienone is 6. The monoisotopic (exact) mass is 468 g/mol. The number of hydrogen-bond donors (Lipinski definition) is 0. The van der Waals surface area contributed by atoms with Gasteiger partial charge in [-0.3, -0.25) is 0 Å². The largest absolute Gasteiger partial charge is 0.462 e. The second kappa shape index (κ2) is 12.0. The minimum atomic E-state index is -0.473. The van der Waals surface area contributed by atoms with Gasteiger partial charge in [-0.15, -0.1) is 0 Å². The van der Waals surface area contributed by atoms with E-state index in [-0.39, 0.29) is 11.9 Å². The lowest BCUT2D eigenvalue weighted by Gasteiger charge is -2.16. The number of carbonyl (C=O) groups excluding carboxylic acids is 2. The molecule has 2 aromatic rings. The summed E-state index contributed by atoms with van der Waals surface area (Å²) in [5.74, 6) is -0.179. The summed E-state index contributed by atoms with van der Waals surface area (Å²) in [4.78, 5) is 23.2. The summed E-state index contributed by atoms with van der Waals surface area (Å²) in [6, 6.07) is 16.0. The van der Waals surface area contributed by atoms with E-state index < -0.39 is 5.97 Å². The van der Waals surface area contributed by atoms with Gasteiger partial charge in [0.15, 0.2) is 0 Å². The predicted molar refractivity (Wildman–Crippen MR) is 142 cm³/mol. The van der Waals surface area contributed by atoms with Crippen LogP contribution in [0.2, 0.25) is 0 Å². The average molecular weight is 469 g/mol. The molecule has 35 heavy (non-hydrogen) atoms. The number of carbonyl (C=O) groups is 2. The Kier molecular flexibility index (Phi) is 8.80. The van der Waals surface area contributed by atoms with Crippen LogP contribution in [-0.4, -0.2) is 18.5 Å². The summed E-state index contributed by atoms with van der Waals surface area (Å²) in [5, 5.41) is 0. The highest BCUT2D eigenvalue weighted by atomic mass is 16.5. The van der Waals surface area contributed by atoms with Gasteiger partial charge in [0.2, 0.25) is 0 Å². The Labute approximate surface area is 208 Å². The van der Waals surface area contributed by atoms with E-state index in [1.165, 1.54) is 16.7 Å². The molecule has 1 aliphatic rings. The van der Waals surface area contributed by atoms with Gasteiger partial charge in [0.05, 0.1) is 6.61 Å². The third-order valence-electron chi connectivity index (χ3n) is 5.92. The summed E-state index contributed by atoms with van der Waals surface area (Å²) in [7, 11) is 0. The quantitative estimate of drug-likeness (QED) is 0.222. The third kappa shape index (κ3) is 7.03. The van der Waals surface area contributed by atoms with E-state index in [2.05, 4.69) is 69.5 Å². The predicted octanol–water partition coefficient (Wildman–Crippen LogP) is 7.21. The maximum Gasteiger partial charge on any atom is 0.335 e.